The Balaban J connectivity index is 2.56. The predicted molar refractivity (Wildman–Crippen MR) is 41.7 cm³/mol. The summed E-state index contributed by atoms with van der Waals surface area (Å²) in [6.45, 7) is 1.84. The Kier molecular flexibility index (Phi) is 2.64. The van der Waals surface area contributed by atoms with Gasteiger partial charge in [0.1, 0.15) is 5.78 Å². The zero-order chi connectivity index (χ0) is 8.27. The molecule has 2 nitrogen and oxygen atoms in total. The van der Waals surface area contributed by atoms with E-state index in [0.717, 1.165) is 19.3 Å². The van der Waals surface area contributed by atoms with Crippen molar-refractivity contribution in [2.45, 2.75) is 32.6 Å². The molecule has 0 spiro atoms. The molecule has 0 radical (unpaired) electrons. The standard InChI is InChI=1S/C9H13NO/c1-7(6-10)8-4-2-3-5-9(8)11/h7-8H,2-5H2,1H3. The lowest BCUT2D eigenvalue weighted by atomic mass is 9.80. The summed E-state index contributed by atoms with van der Waals surface area (Å²) in [7, 11) is 0. The van der Waals surface area contributed by atoms with Gasteiger partial charge in [0.2, 0.25) is 0 Å². The van der Waals surface area contributed by atoms with Crippen LogP contribution in [-0.4, -0.2) is 5.78 Å². The Labute approximate surface area is 67.2 Å². The van der Waals surface area contributed by atoms with E-state index in [-0.39, 0.29) is 11.8 Å². The maximum atomic E-state index is 11.2. The molecule has 2 heteroatoms. The fourth-order valence-electron chi connectivity index (χ4n) is 1.63. The first kappa shape index (κ1) is 8.26. The number of rotatable bonds is 1. The van der Waals surface area contributed by atoms with Gasteiger partial charge in [-0.15, -0.1) is 0 Å². The third kappa shape index (κ3) is 1.80. The average molecular weight is 151 g/mol. The topological polar surface area (TPSA) is 40.9 Å². The van der Waals surface area contributed by atoms with E-state index in [0.29, 0.717) is 12.2 Å². The van der Waals surface area contributed by atoms with Crippen LogP contribution < -0.4 is 0 Å². The van der Waals surface area contributed by atoms with Crippen molar-refractivity contribution in [3.05, 3.63) is 0 Å². The Hall–Kier alpha value is -0.840. The van der Waals surface area contributed by atoms with Crippen molar-refractivity contribution in [1.82, 2.24) is 0 Å². The maximum Gasteiger partial charge on any atom is 0.137 e. The molecule has 1 rings (SSSR count). The number of carbonyl (C=O) groups is 1. The SMILES string of the molecule is CC(C#N)C1CCCCC1=O. The first-order valence-electron chi connectivity index (χ1n) is 4.18. The monoisotopic (exact) mass is 151 g/mol. The van der Waals surface area contributed by atoms with Crippen molar-refractivity contribution in [1.29, 1.82) is 5.26 Å². The first-order chi connectivity index (χ1) is 5.25. The number of hydrogen-bond acceptors (Lipinski definition) is 2. The molecule has 0 heterocycles. The van der Waals surface area contributed by atoms with E-state index in [1.807, 2.05) is 6.92 Å². The van der Waals surface area contributed by atoms with Crippen LogP contribution >= 0.6 is 0 Å². The normalized spacial score (nSPS) is 27.6. The van der Waals surface area contributed by atoms with Gasteiger partial charge >= 0.3 is 0 Å². The van der Waals surface area contributed by atoms with Crippen LogP contribution in [0.3, 0.4) is 0 Å². The molecule has 2 atom stereocenters. The van der Waals surface area contributed by atoms with Crippen LogP contribution in [0.5, 0.6) is 0 Å². The van der Waals surface area contributed by atoms with E-state index >= 15 is 0 Å². The zero-order valence-electron chi connectivity index (χ0n) is 6.84. The molecule has 11 heavy (non-hydrogen) atoms. The van der Waals surface area contributed by atoms with Gasteiger partial charge in [-0.05, 0) is 19.8 Å². The number of ketones is 1. The van der Waals surface area contributed by atoms with Gasteiger partial charge < -0.3 is 0 Å². The molecule has 0 N–H and O–H groups in total. The van der Waals surface area contributed by atoms with E-state index in [4.69, 9.17) is 5.26 Å². The largest absolute Gasteiger partial charge is 0.299 e. The minimum absolute atomic E-state index is 0.0359. The molecule has 0 bridgehead atoms. The lowest BCUT2D eigenvalue weighted by molar-refractivity contribution is -0.125. The van der Waals surface area contributed by atoms with Crippen LogP contribution in [0.25, 0.3) is 0 Å². The van der Waals surface area contributed by atoms with Gasteiger partial charge in [0.25, 0.3) is 0 Å². The highest BCUT2D eigenvalue weighted by Gasteiger charge is 2.26. The van der Waals surface area contributed by atoms with E-state index in [1.54, 1.807) is 0 Å². The quantitative estimate of drug-likeness (QED) is 0.574. The second-order valence-corrected chi connectivity index (χ2v) is 3.24. The molecule has 2 unspecified atom stereocenters. The fraction of sp³-hybridized carbons (Fsp3) is 0.778. The lowest BCUT2D eigenvalue weighted by Crippen LogP contribution is -2.24. The van der Waals surface area contributed by atoms with Gasteiger partial charge in [-0.3, -0.25) is 4.79 Å². The van der Waals surface area contributed by atoms with Crippen molar-refractivity contribution in [3.63, 3.8) is 0 Å². The van der Waals surface area contributed by atoms with Gasteiger partial charge in [-0.2, -0.15) is 5.26 Å². The summed E-state index contributed by atoms with van der Waals surface area (Å²) in [4.78, 5) is 11.2. The van der Waals surface area contributed by atoms with E-state index < -0.39 is 0 Å². The average Bonchev–Trinajstić information content (AvgIpc) is 2.04. The highest BCUT2D eigenvalue weighted by molar-refractivity contribution is 5.82. The Morgan fingerprint density at radius 3 is 2.91 bits per heavy atom. The summed E-state index contributed by atoms with van der Waals surface area (Å²) in [5, 5.41) is 8.60. The number of carbonyl (C=O) groups excluding carboxylic acids is 1. The number of hydrogen-bond donors (Lipinski definition) is 0. The van der Waals surface area contributed by atoms with Crippen molar-refractivity contribution in [2.24, 2.45) is 11.8 Å². The summed E-state index contributed by atoms with van der Waals surface area (Å²) < 4.78 is 0. The molecule has 1 fully saturated rings. The predicted octanol–water partition coefficient (Wildman–Crippen LogP) is 1.91. The summed E-state index contributed by atoms with van der Waals surface area (Å²) >= 11 is 0. The molecule has 1 saturated carbocycles. The fourth-order valence-corrected chi connectivity index (χ4v) is 1.63. The molecule has 0 aliphatic heterocycles. The van der Waals surface area contributed by atoms with Gasteiger partial charge in [0.15, 0.2) is 0 Å². The smallest absolute Gasteiger partial charge is 0.137 e. The van der Waals surface area contributed by atoms with Crippen LogP contribution in [0.1, 0.15) is 32.6 Å². The highest BCUT2D eigenvalue weighted by Crippen LogP contribution is 2.26. The van der Waals surface area contributed by atoms with Gasteiger partial charge in [0, 0.05) is 12.3 Å². The molecule has 0 aromatic heterocycles. The Morgan fingerprint density at radius 1 is 1.64 bits per heavy atom. The third-order valence-electron chi connectivity index (χ3n) is 2.41. The first-order valence-corrected chi connectivity index (χ1v) is 4.18. The van der Waals surface area contributed by atoms with Gasteiger partial charge in [-0.25, -0.2) is 0 Å². The van der Waals surface area contributed by atoms with Crippen molar-refractivity contribution in [2.75, 3.05) is 0 Å². The summed E-state index contributed by atoms with van der Waals surface area (Å²) in [6.07, 6.45) is 3.75. The van der Waals surface area contributed by atoms with Crippen molar-refractivity contribution < 1.29 is 4.79 Å². The van der Waals surface area contributed by atoms with Crippen molar-refractivity contribution in [3.8, 4) is 6.07 Å². The molecular formula is C9H13NO. The highest BCUT2D eigenvalue weighted by atomic mass is 16.1. The minimum Gasteiger partial charge on any atom is -0.299 e. The van der Waals surface area contributed by atoms with Crippen LogP contribution in [0.15, 0.2) is 0 Å². The summed E-state index contributed by atoms with van der Waals surface area (Å²) in [5.41, 5.74) is 0. The number of nitriles is 1. The maximum absolute atomic E-state index is 11.2. The van der Waals surface area contributed by atoms with E-state index in [1.165, 1.54) is 0 Å². The third-order valence-corrected chi connectivity index (χ3v) is 2.41. The molecule has 1 aliphatic rings. The van der Waals surface area contributed by atoms with Crippen LogP contribution in [0.4, 0.5) is 0 Å². The minimum atomic E-state index is -0.0807. The molecule has 60 valence electrons. The number of Topliss-reactive ketones (excluding diaryl/α,β-unsaturated/α-hetero) is 1. The molecule has 0 amide bonds. The summed E-state index contributed by atoms with van der Waals surface area (Å²) in [5.74, 6) is 0.252. The molecule has 0 aromatic carbocycles. The Morgan fingerprint density at radius 2 is 2.36 bits per heavy atom. The Bertz CT molecular complexity index is 192. The second kappa shape index (κ2) is 3.52. The molecular weight excluding hydrogens is 138 g/mol. The molecule has 0 aromatic rings. The second-order valence-electron chi connectivity index (χ2n) is 3.24. The molecule has 1 aliphatic carbocycles. The van der Waals surface area contributed by atoms with Crippen LogP contribution in [0, 0.1) is 23.2 Å². The van der Waals surface area contributed by atoms with E-state index in [9.17, 15) is 4.79 Å². The van der Waals surface area contributed by atoms with Crippen molar-refractivity contribution >= 4 is 5.78 Å². The number of nitrogens with zero attached hydrogens (tertiary/aromatic N) is 1. The van der Waals surface area contributed by atoms with Gasteiger partial charge in [0.05, 0.1) is 12.0 Å². The summed E-state index contributed by atoms with van der Waals surface area (Å²) in [6, 6.07) is 2.14. The van der Waals surface area contributed by atoms with Crippen LogP contribution in [0.2, 0.25) is 0 Å². The lowest BCUT2D eigenvalue weighted by Gasteiger charge is -2.21. The van der Waals surface area contributed by atoms with Gasteiger partial charge in [-0.1, -0.05) is 6.42 Å². The zero-order valence-corrected chi connectivity index (χ0v) is 6.84. The van der Waals surface area contributed by atoms with Crippen LogP contribution in [-0.2, 0) is 4.79 Å². The van der Waals surface area contributed by atoms with E-state index in [2.05, 4.69) is 6.07 Å². The molecule has 0 saturated heterocycles.